The van der Waals surface area contributed by atoms with Crippen LogP contribution in [-0.4, -0.2) is 11.7 Å². The van der Waals surface area contributed by atoms with Crippen molar-refractivity contribution in [1.82, 2.24) is 4.57 Å². The summed E-state index contributed by atoms with van der Waals surface area (Å²) in [6.45, 7) is 2.16. The molecule has 2 rings (SSSR count). The quantitative estimate of drug-likeness (QED) is 0.708. The van der Waals surface area contributed by atoms with Gasteiger partial charge in [0.2, 0.25) is 0 Å². The molecule has 0 unspecified atom stereocenters. The van der Waals surface area contributed by atoms with E-state index in [4.69, 9.17) is 4.74 Å². The van der Waals surface area contributed by atoms with E-state index < -0.39 is 0 Å². The smallest absolute Gasteiger partial charge is 0.197 e. The molecule has 0 atom stereocenters. The largest absolute Gasteiger partial charge is 0.482 e. The molecule has 0 fully saturated rings. The summed E-state index contributed by atoms with van der Waals surface area (Å²) in [6, 6.07) is 8.40. The zero-order chi connectivity index (χ0) is 10.1. The van der Waals surface area contributed by atoms with Gasteiger partial charge in [-0.1, -0.05) is 25.1 Å². The summed E-state index contributed by atoms with van der Waals surface area (Å²) in [5.74, 6) is 0.980. The van der Waals surface area contributed by atoms with E-state index in [-0.39, 0.29) is 0 Å². The molecule has 2 nitrogen and oxygen atoms in total. The van der Waals surface area contributed by atoms with Gasteiger partial charge in [-0.05, 0) is 12.5 Å². The summed E-state index contributed by atoms with van der Waals surface area (Å²) < 4.78 is 7.52. The van der Waals surface area contributed by atoms with E-state index in [0.29, 0.717) is 0 Å². The molecule has 1 heterocycles. The zero-order valence-electron chi connectivity index (χ0n) is 8.87. The van der Waals surface area contributed by atoms with Crippen molar-refractivity contribution in [3.63, 3.8) is 0 Å². The highest BCUT2D eigenvalue weighted by atomic mass is 16.5. The zero-order valence-corrected chi connectivity index (χ0v) is 8.87. The average Bonchev–Trinajstić information content (AvgIpc) is 2.51. The lowest BCUT2D eigenvalue weighted by molar-refractivity contribution is 0.380. The number of rotatable bonds is 2. The van der Waals surface area contributed by atoms with E-state index in [9.17, 15) is 0 Å². The molecule has 0 N–H and O–H groups in total. The van der Waals surface area contributed by atoms with Crippen molar-refractivity contribution >= 4 is 10.9 Å². The molecule has 0 saturated heterocycles. The Morgan fingerprint density at radius 2 is 2.00 bits per heavy atom. The number of methoxy groups -OCH3 is 1. The van der Waals surface area contributed by atoms with E-state index in [2.05, 4.69) is 35.8 Å². The minimum Gasteiger partial charge on any atom is -0.482 e. The molecule has 0 radical (unpaired) electrons. The van der Waals surface area contributed by atoms with E-state index >= 15 is 0 Å². The van der Waals surface area contributed by atoms with Crippen LogP contribution in [0, 0.1) is 0 Å². The molecule has 1 aromatic heterocycles. The van der Waals surface area contributed by atoms with Gasteiger partial charge in [-0.3, -0.25) is 0 Å². The van der Waals surface area contributed by atoms with E-state index in [1.807, 2.05) is 7.05 Å². The number of benzene rings is 1. The maximum atomic E-state index is 5.41. The third-order valence-electron chi connectivity index (χ3n) is 2.70. The molecular formula is C12H15NO. The van der Waals surface area contributed by atoms with Crippen LogP contribution < -0.4 is 4.74 Å². The van der Waals surface area contributed by atoms with Crippen LogP contribution in [0.3, 0.4) is 0 Å². The number of aryl methyl sites for hydroxylation is 2. The molecule has 0 spiro atoms. The van der Waals surface area contributed by atoms with Gasteiger partial charge < -0.3 is 9.30 Å². The van der Waals surface area contributed by atoms with Crippen LogP contribution in [-0.2, 0) is 13.5 Å². The second kappa shape index (κ2) is 3.37. The molecule has 2 aromatic rings. The molecule has 0 aliphatic rings. The first-order valence-corrected chi connectivity index (χ1v) is 4.89. The highest BCUT2D eigenvalue weighted by Crippen LogP contribution is 2.30. The monoisotopic (exact) mass is 189 g/mol. The number of aromatic nitrogens is 1. The van der Waals surface area contributed by atoms with Gasteiger partial charge in [-0.2, -0.15) is 0 Å². The Morgan fingerprint density at radius 3 is 2.64 bits per heavy atom. The molecule has 14 heavy (non-hydrogen) atoms. The third-order valence-corrected chi connectivity index (χ3v) is 2.70. The van der Waals surface area contributed by atoms with Crippen LogP contribution in [0.1, 0.15) is 12.5 Å². The summed E-state index contributed by atoms with van der Waals surface area (Å²) in [6.07, 6.45) is 1.00. The first-order valence-electron chi connectivity index (χ1n) is 4.89. The number of para-hydroxylation sites is 1. The predicted molar refractivity (Wildman–Crippen MR) is 58.8 cm³/mol. The van der Waals surface area contributed by atoms with Crippen molar-refractivity contribution in [2.24, 2.45) is 7.05 Å². The standard InChI is InChI=1S/C12H15NO/c1-4-9-10-7-5-6-8-11(10)13(2)12(9)14-3/h5-8H,4H2,1-3H3. The Kier molecular flexibility index (Phi) is 2.20. The fourth-order valence-corrected chi connectivity index (χ4v) is 2.05. The van der Waals surface area contributed by atoms with E-state index in [0.717, 1.165) is 12.3 Å². The highest BCUT2D eigenvalue weighted by Gasteiger charge is 2.12. The van der Waals surface area contributed by atoms with Gasteiger partial charge in [0.25, 0.3) is 0 Å². The second-order valence-electron chi connectivity index (χ2n) is 3.42. The van der Waals surface area contributed by atoms with E-state index in [1.54, 1.807) is 7.11 Å². The first kappa shape index (κ1) is 9.13. The van der Waals surface area contributed by atoms with Crippen LogP contribution in [0.25, 0.3) is 10.9 Å². The lowest BCUT2D eigenvalue weighted by Gasteiger charge is -2.03. The van der Waals surface area contributed by atoms with Gasteiger partial charge in [0, 0.05) is 18.0 Å². The molecule has 0 amide bonds. The Morgan fingerprint density at radius 1 is 1.29 bits per heavy atom. The molecule has 0 saturated carbocycles. The lowest BCUT2D eigenvalue weighted by Crippen LogP contribution is -1.94. The Balaban J connectivity index is 2.84. The lowest BCUT2D eigenvalue weighted by atomic mass is 10.1. The van der Waals surface area contributed by atoms with Gasteiger partial charge in [0.1, 0.15) is 0 Å². The van der Waals surface area contributed by atoms with Crippen molar-refractivity contribution in [2.75, 3.05) is 7.11 Å². The van der Waals surface area contributed by atoms with E-state index in [1.165, 1.54) is 16.5 Å². The molecule has 2 heteroatoms. The summed E-state index contributed by atoms with van der Waals surface area (Å²) in [7, 11) is 3.77. The van der Waals surface area contributed by atoms with Crippen LogP contribution in [0.5, 0.6) is 5.88 Å². The summed E-state index contributed by atoms with van der Waals surface area (Å²) in [5.41, 5.74) is 2.53. The van der Waals surface area contributed by atoms with Crippen molar-refractivity contribution in [3.05, 3.63) is 29.8 Å². The summed E-state index contributed by atoms with van der Waals surface area (Å²) >= 11 is 0. The van der Waals surface area contributed by atoms with Gasteiger partial charge in [-0.15, -0.1) is 0 Å². The Bertz CT molecular complexity index is 457. The van der Waals surface area contributed by atoms with Gasteiger partial charge in [0.05, 0.1) is 12.6 Å². The highest BCUT2D eigenvalue weighted by molar-refractivity contribution is 5.86. The SMILES string of the molecule is CCc1c(OC)n(C)c2ccccc12. The maximum Gasteiger partial charge on any atom is 0.197 e. The molecule has 0 aliphatic carbocycles. The number of ether oxygens (including phenoxy) is 1. The summed E-state index contributed by atoms with van der Waals surface area (Å²) in [4.78, 5) is 0. The van der Waals surface area contributed by atoms with Crippen LogP contribution in [0.15, 0.2) is 24.3 Å². The summed E-state index contributed by atoms with van der Waals surface area (Å²) in [5, 5.41) is 1.30. The Hall–Kier alpha value is -1.44. The van der Waals surface area contributed by atoms with Gasteiger partial charge >= 0.3 is 0 Å². The van der Waals surface area contributed by atoms with Gasteiger partial charge in [0.15, 0.2) is 5.88 Å². The van der Waals surface area contributed by atoms with Crippen LogP contribution in [0.2, 0.25) is 0 Å². The third kappa shape index (κ3) is 1.10. The number of hydrogen-bond acceptors (Lipinski definition) is 1. The minimum absolute atomic E-state index is 0.980. The second-order valence-corrected chi connectivity index (χ2v) is 3.42. The molecule has 1 aromatic carbocycles. The average molecular weight is 189 g/mol. The number of nitrogens with zero attached hydrogens (tertiary/aromatic N) is 1. The Labute approximate surface area is 84.1 Å². The van der Waals surface area contributed by atoms with Crippen molar-refractivity contribution in [2.45, 2.75) is 13.3 Å². The number of fused-ring (bicyclic) bond motifs is 1. The van der Waals surface area contributed by atoms with Crippen molar-refractivity contribution < 1.29 is 4.74 Å². The molecule has 74 valence electrons. The molecule has 0 aliphatic heterocycles. The van der Waals surface area contributed by atoms with Crippen LogP contribution in [0.4, 0.5) is 0 Å². The fraction of sp³-hybridized carbons (Fsp3) is 0.333. The number of hydrogen-bond donors (Lipinski definition) is 0. The van der Waals surface area contributed by atoms with Crippen molar-refractivity contribution in [1.29, 1.82) is 0 Å². The molecular weight excluding hydrogens is 174 g/mol. The fourth-order valence-electron chi connectivity index (χ4n) is 2.05. The molecule has 0 bridgehead atoms. The predicted octanol–water partition coefficient (Wildman–Crippen LogP) is 2.75. The minimum atomic E-state index is 0.980. The first-order chi connectivity index (χ1) is 6.79. The normalized spacial score (nSPS) is 10.8. The topological polar surface area (TPSA) is 14.2 Å². The van der Waals surface area contributed by atoms with Crippen molar-refractivity contribution in [3.8, 4) is 5.88 Å². The van der Waals surface area contributed by atoms with Gasteiger partial charge in [-0.25, -0.2) is 0 Å². The maximum absolute atomic E-state index is 5.41. The van der Waals surface area contributed by atoms with Crippen LogP contribution >= 0.6 is 0 Å².